The second kappa shape index (κ2) is 8.06. The Labute approximate surface area is 147 Å². The first-order chi connectivity index (χ1) is 11.5. The Morgan fingerprint density at radius 3 is 2.62 bits per heavy atom. The van der Waals surface area contributed by atoms with E-state index in [0.717, 1.165) is 23.1 Å². The Balaban J connectivity index is 2.23. The molecule has 0 radical (unpaired) electrons. The first kappa shape index (κ1) is 18.1. The van der Waals surface area contributed by atoms with Crippen molar-refractivity contribution in [1.82, 2.24) is 0 Å². The average molecular weight is 348 g/mol. The van der Waals surface area contributed by atoms with E-state index in [2.05, 4.69) is 17.0 Å². The van der Waals surface area contributed by atoms with Gasteiger partial charge in [0.15, 0.2) is 0 Å². The summed E-state index contributed by atoms with van der Waals surface area (Å²) in [6.07, 6.45) is 0.416. The van der Waals surface area contributed by atoms with Crippen molar-refractivity contribution in [3.63, 3.8) is 0 Å². The van der Waals surface area contributed by atoms with Gasteiger partial charge in [0.1, 0.15) is 12.4 Å². The van der Waals surface area contributed by atoms with Gasteiger partial charge in [-0.25, -0.2) is 4.79 Å². The fourth-order valence-corrected chi connectivity index (χ4v) is 2.75. The highest BCUT2D eigenvalue weighted by molar-refractivity contribution is 6.32. The van der Waals surface area contributed by atoms with Crippen LogP contribution in [0.25, 0.3) is 0 Å². The molecule has 2 rings (SSSR count). The molecule has 0 bridgehead atoms. The van der Waals surface area contributed by atoms with Gasteiger partial charge in [-0.05, 0) is 55.2 Å². The zero-order chi connectivity index (χ0) is 17.7. The third kappa shape index (κ3) is 4.20. The lowest BCUT2D eigenvalue weighted by Crippen LogP contribution is -2.14. The van der Waals surface area contributed by atoms with E-state index >= 15 is 0 Å². The van der Waals surface area contributed by atoms with Crippen LogP contribution in [-0.4, -0.2) is 13.2 Å². The molecule has 0 aromatic heterocycles. The molecule has 2 aromatic carbocycles. The highest BCUT2D eigenvalue weighted by Crippen LogP contribution is 2.30. The molecule has 0 aliphatic heterocycles. The van der Waals surface area contributed by atoms with Crippen molar-refractivity contribution in [3.05, 3.63) is 57.6 Å². The molecular formula is C19H22ClNO3. The third-order valence-electron chi connectivity index (χ3n) is 3.98. The molecule has 0 heterocycles. The molecule has 0 aliphatic carbocycles. The number of anilines is 1. The van der Waals surface area contributed by atoms with Gasteiger partial charge in [0.2, 0.25) is 0 Å². The van der Waals surface area contributed by atoms with Crippen LogP contribution in [0.4, 0.5) is 10.5 Å². The molecule has 24 heavy (non-hydrogen) atoms. The second-order valence-corrected chi connectivity index (χ2v) is 5.98. The van der Waals surface area contributed by atoms with Crippen LogP contribution < -0.4 is 10.1 Å². The van der Waals surface area contributed by atoms with Gasteiger partial charge in [0.05, 0.1) is 17.8 Å². The van der Waals surface area contributed by atoms with E-state index < -0.39 is 6.09 Å². The largest absolute Gasteiger partial charge is 0.487 e. The van der Waals surface area contributed by atoms with E-state index in [1.165, 1.54) is 12.7 Å². The summed E-state index contributed by atoms with van der Waals surface area (Å²) in [6.45, 7) is 6.40. The van der Waals surface area contributed by atoms with Gasteiger partial charge >= 0.3 is 6.09 Å². The van der Waals surface area contributed by atoms with Crippen LogP contribution in [0.15, 0.2) is 30.3 Å². The molecule has 0 unspecified atom stereocenters. The normalized spacial score (nSPS) is 10.4. The zero-order valence-corrected chi connectivity index (χ0v) is 15.2. The molecule has 0 saturated heterocycles. The van der Waals surface area contributed by atoms with Crippen LogP contribution in [-0.2, 0) is 17.8 Å². The molecule has 0 atom stereocenters. The number of carbonyl (C=O) groups is 1. The summed E-state index contributed by atoms with van der Waals surface area (Å²) >= 11 is 6.32. The minimum absolute atomic E-state index is 0.302. The summed E-state index contributed by atoms with van der Waals surface area (Å²) in [5.74, 6) is 0.638. The topological polar surface area (TPSA) is 47.6 Å². The highest BCUT2D eigenvalue weighted by atomic mass is 35.5. The van der Waals surface area contributed by atoms with Crippen molar-refractivity contribution in [2.45, 2.75) is 33.8 Å². The Bertz CT molecular complexity index is 744. The van der Waals surface area contributed by atoms with Crippen molar-refractivity contribution >= 4 is 23.4 Å². The summed E-state index contributed by atoms with van der Waals surface area (Å²) < 4.78 is 10.6. The first-order valence-electron chi connectivity index (χ1n) is 7.81. The zero-order valence-electron chi connectivity index (χ0n) is 14.4. The monoisotopic (exact) mass is 347 g/mol. The number of hydrogen-bond acceptors (Lipinski definition) is 3. The molecule has 0 aliphatic rings. The molecule has 0 saturated carbocycles. The lowest BCUT2D eigenvalue weighted by atomic mass is 10.1. The lowest BCUT2D eigenvalue weighted by molar-refractivity contribution is 0.187. The number of carbonyl (C=O) groups excluding carboxylic acids is 1. The summed E-state index contributed by atoms with van der Waals surface area (Å²) in [6, 6.07) is 9.55. The van der Waals surface area contributed by atoms with Crippen molar-refractivity contribution in [3.8, 4) is 5.75 Å². The number of amides is 1. The standard InChI is InChI=1S/C19H22ClNO3/c1-5-14-10-16(20)18(9-13(14)3)24-11-15-12(2)7-6-8-17(15)21-19(22)23-4/h6-10H,5,11H2,1-4H3,(H,21,22). The molecule has 1 amide bonds. The fourth-order valence-electron chi connectivity index (χ4n) is 2.51. The maximum Gasteiger partial charge on any atom is 0.411 e. The van der Waals surface area contributed by atoms with Gasteiger partial charge in [-0.15, -0.1) is 0 Å². The molecule has 128 valence electrons. The SMILES string of the molecule is CCc1cc(Cl)c(OCc2c(C)cccc2NC(=O)OC)cc1C. The molecule has 1 N–H and O–H groups in total. The van der Waals surface area contributed by atoms with Crippen molar-refractivity contribution < 1.29 is 14.3 Å². The van der Waals surface area contributed by atoms with Gasteiger partial charge in [0.25, 0.3) is 0 Å². The number of methoxy groups -OCH3 is 1. The summed E-state index contributed by atoms with van der Waals surface area (Å²) in [4.78, 5) is 11.5. The van der Waals surface area contributed by atoms with Gasteiger partial charge in [0, 0.05) is 5.56 Å². The number of aryl methyl sites for hydroxylation is 3. The number of ether oxygens (including phenoxy) is 2. The van der Waals surface area contributed by atoms with E-state index in [4.69, 9.17) is 16.3 Å². The molecule has 0 spiro atoms. The quantitative estimate of drug-likeness (QED) is 0.800. The molecular weight excluding hydrogens is 326 g/mol. The predicted octanol–water partition coefficient (Wildman–Crippen LogP) is 5.28. The lowest BCUT2D eigenvalue weighted by Gasteiger charge is -2.16. The van der Waals surface area contributed by atoms with Crippen LogP contribution >= 0.6 is 11.6 Å². The summed E-state index contributed by atoms with van der Waals surface area (Å²) in [5, 5.41) is 3.30. The number of halogens is 1. The summed E-state index contributed by atoms with van der Waals surface area (Å²) in [5.41, 5.74) is 4.92. The van der Waals surface area contributed by atoms with Crippen LogP contribution in [0.5, 0.6) is 5.75 Å². The van der Waals surface area contributed by atoms with Crippen LogP contribution in [0, 0.1) is 13.8 Å². The predicted molar refractivity (Wildman–Crippen MR) is 97.1 cm³/mol. The molecule has 5 heteroatoms. The second-order valence-electron chi connectivity index (χ2n) is 5.57. The highest BCUT2D eigenvalue weighted by Gasteiger charge is 2.12. The molecule has 4 nitrogen and oxygen atoms in total. The van der Waals surface area contributed by atoms with Gasteiger partial charge in [-0.3, -0.25) is 5.32 Å². The van der Waals surface area contributed by atoms with E-state index in [1.807, 2.05) is 44.2 Å². The van der Waals surface area contributed by atoms with E-state index in [9.17, 15) is 4.79 Å². The maximum absolute atomic E-state index is 11.5. The van der Waals surface area contributed by atoms with E-state index in [-0.39, 0.29) is 0 Å². The Kier molecular flexibility index (Phi) is 6.10. The smallest absolute Gasteiger partial charge is 0.411 e. The van der Waals surface area contributed by atoms with Crippen LogP contribution in [0.2, 0.25) is 5.02 Å². The first-order valence-corrected chi connectivity index (χ1v) is 8.19. The van der Waals surface area contributed by atoms with E-state index in [0.29, 0.717) is 23.1 Å². The number of benzene rings is 2. The van der Waals surface area contributed by atoms with Gasteiger partial charge in [-0.1, -0.05) is 30.7 Å². The molecule has 2 aromatic rings. The average Bonchev–Trinajstić information content (AvgIpc) is 2.56. The molecule has 0 fully saturated rings. The van der Waals surface area contributed by atoms with Crippen molar-refractivity contribution in [2.24, 2.45) is 0 Å². The van der Waals surface area contributed by atoms with E-state index in [1.54, 1.807) is 0 Å². The number of nitrogens with one attached hydrogen (secondary N) is 1. The Morgan fingerprint density at radius 1 is 1.21 bits per heavy atom. The fraction of sp³-hybridized carbons (Fsp3) is 0.316. The minimum atomic E-state index is -0.511. The Hall–Kier alpha value is -2.20. The third-order valence-corrected chi connectivity index (χ3v) is 4.27. The van der Waals surface area contributed by atoms with Gasteiger partial charge < -0.3 is 9.47 Å². The summed E-state index contributed by atoms with van der Waals surface area (Å²) in [7, 11) is 1.33. The van der Waals surface area contributed by atoms with Crippen LogP contribution in [0.1, 0.15) is 29.2 Å². The number of rotatable bonds is 5. The number of hydrogen-bond donors (Lipinski definition) is 1. The van der Waals surface area contributed by atoms with Crippen molar-refractivity contribution in [1.29, 1.82) is 0 Å². The van der Waals surface area contributed by atoms with Gasteiger partial charge in [-0.2, -0.15) is 0 Å². The van der Waals surface area contributed by atoms with Crippen LogP contribution in [0.3, 0.4) is 0 Å². The minimum Gasteiger partial charge on any atom is -0.487 e. The Morgan fingerprint density at radius 2 is 1.96 bits per heavy atom. The maximum atomic E-state index is 11.5. The van der Waals surface area contributed by atoms with Crippen molar-refractivity contribution in [2.75, 3.05) is 12.4 Å².